The molecule has 0 radical (unpaired) electrons. The molecule has 130 valence electrons. The third-order valence-corrected chi connectivity index (χ3v) is 6.02. The Hall–Kier alpha value is -1.83. The van der Waals surface area contributed by atoms with E-state index in [0.717, 1.165) is 10.2 Å². The van der Waals surface area contributed by atoms with Gasteiger partial charge >= 0.3 is 0 Å². The van der Waals surface area contributed by atoms with Gasteiger partial charge in [-0.15, -0.1) is 0 Å². The second-order valence-electron chi connectivity index (χ2n) is 5.50. The van der Waals surface area contributed by atoms with Crippen LogP contribution in [0.15, 0.2) is 57.9 Å². The normalized spacial score (nSPS) is 11.5. The Morgan fingerprint density at radius 3 is 2.44 bits per heavy atom. The summed E-state index contributed by atoms with van der Waals surface area (Å²) in [5.74, 6) is 0. The fraction of sp³-hybridized carbons (Fsp3) is 0.118. The fourth-order valence-corrected chi connectivity index (χ4v) is 4.58. The van der Waals surface area contributed by atoms with Gasteiger partial charge < -0.3 is 0 Å². The molecule has 0 fully saturated rings. The Morgan fingerprint density at radius 1 is 1.12 bits per heavy atom. The van der Waals surface area contributed by atoms with Crippen molar-refractivity contribution in [1.29, 1.82) is 0 Å². The number of anilines is 1. The van der Waals surface area contributed by atoms with Gasteiger partial charge in [-0.05, 0) is 56.3 Å². The molecule has 0 saturated carbocycles. The van der Waals surface area contributed by atoms with Crippen molar-refractivity contribution >= 4 is 43.2 Å². The molecule has 0 saturated heterocycles. The van der Waals surface area contributed by atoms with Crippen LogP contribution in [-0.2, 0) is 10.0 Å². The Morgan fingerprint density at radius 2 is 1.80 bits per heavy atom. The van der Waals surface area contributed by atoms with E-state index in [1.54, 1.807) is 61.0 Å². The molecule has 0 unspecified atom stereocenters. The minimum absolute atomic E-state index is 0.169. The zero-order valence-corrected chi connectivity index (χ0v) is 16.7. The van der Waals surface area contributed by atoms with Crippen LogP contribution in [0.2, 0.25) is 5.02 Å². The van der Waals surface area contributed by atoms with Gasteiger partial charge in [0.05, 0.1) is 17.1 Å². The highest BCUT2D eigenvalue weighted by Crippen LogP contribution is 2.26. The van der Waals surface area contributed by atoms with E-state index < -0.39 is 10.0 Å². The maximum atomic E-state index is 12.9. The maximum absolute atomic E-state index is 12.9. The first-order valence-electron chi connectivity index (χ1n) is 7.38. The second kappa shape index (κ2) is 6.82. The van der Waals surface area contributed by atoms with Gasteiger partial charge in [0.15, 0.2) is 0 Å². The van der Waals surface area contributed by atoms with Gasteiger partial charge in [0.1, 0.15) is 4.90 Å². The topological polar surface area (TPSA) is 64.0 Å². The molecule has 0 aliphatic heterocycles. The van der Waals surface area contributed by atoms with Crippen LogP contribution in [0.25, 0.3) is 5.69 Å². The average molecular weight is 441 g/mol. The summed E-state index contributed by atoms with van der Waals surface area (Å²) in [4.78, 5) is 0.169. The van der Waals surface area contributed by atoms with Crippen LogP contribution in [0.1, 0.15) is 11.4 Å². The van der Waals surface area contributed by atoms with E-state index in [1.807, 2.05) is 6.07 Å². The average Bonchev–Trinajstić information content (AvgIpc) is 2.83. The van der Waals surface area contributed by atoms with Crippen molar-refractivity contribution in [3.63, 3.8) is 0 Å². The lowest BCUT2D eigenvalue weighted by Gasteiger charge is -2.09. The SMILES string of the molecule is Cc1nn(-c2ccc(Cl)cc2)c(C)c1S(=O)(=O)Nc1cccc(Br)c1. The van der Waals surface area contributed by atoms with Crippen molar-refractivity contribution in [1.82, 2.24) is 9.78 Å². The van der Waals surface area contributed by atoms with E-state index in [1.165, 1.54) is 0 Å². The number of sulfonamides is 1. The van der Waals surface area contributed by atoms with Gasteiger partial charge in [-0.2, -0.15) is 5.10 Å². The Kier molecular flexibility index (Phi) is 4.90. The summed E-state index contributed by atoms with van der Waals surface area (Å²) in [5, 5.41) is 4.99. The van der Waals surface area contributed by atoms with Gasteiger partial charge in [-0.25, -0.2) is 13.1 Å². The van der Waals surface area contributed by atoms with Crippen molar-refractivity contribution in [2.45, 2.75) is 18.7 Å². The molecule has 1 N–H and O–H groups in total. The summed E-state index contributed by atoms with van der Waals surface area (Å²) in [6.45, 7) is 3.40. The van der Waals surface area contributed by atoms with E-state index in [9.17, 15) is 8.42 Å². The van der Waals surface area contributed by atoms with Crippen LogP contribution in [0.5, 0.6) is 0 Å². The highest BCUT2D eigenvalue weighted by atomic mass is 79.9. The van der Waals surface area contributed by atoms with Gasteiger partial charge in [-0.1, -0.05) is 33.6 Å². The lowest BCUT2D eigenvalue weighted by molar-refractivity contribution is 0.600. The highest BCUT2D eigenvalue weighted by Gasteiger charge is 2.25. The van der Waals surface area contributed by atoms with Gasteiger partial charge in [-0.3, -0.25) is 4.72 Å². The number of hydrogen-bond acceptors (Lipinski definition) is 3. The zero-order chi connectivity index (χ0) is 18.2. The summed E-state index contributed by atoms with van der Waals surface area (Å²) < 4.78 is 30.7. The predicted molar refractivity (Wildman–Crippen MR) is 103 cm³/mol. The lowest BCUT2D eigenvalue weighted by atomic mass is 10.3. The summed E-state index contributed by atoms with van der Waals surface area (Å²) in [6, 6.07) is 14.0. The van der Waals surface area contributed by atoms with Gasteiger partial charge in [0.25, 0.3) is 10.0 Å². The standard InChI is InChI=1S/C17H15BrClN3O2S/c1-11-17(25(23,24)21-15-5-3-4-13(18)10-15)12(2)22(20-11)16-8-6-14(19)7-9-16/h3-10,21H,1-2H3. The second-order valence-corrected chi connectivity index (χ2v) is 8.48. The summed E-state index contributed by atoms with van der Waals surface area (Å²) in [5.41, 5.74) is 2.18. The first-order valence-corrected chi connectivity index (χ1v) is 10.0. The predicted octanol–water partition coefficient (Wildman–Crippen LogP) is 4.71. The van der Waals surface area contributed by atoms with Crippen molar-refractivity contribution < 1.29 is 8.42 Å². The number of rotatable bonds is 4. The number of halogens is 2. The van der Waals surface area contributed by atoms with Crippen LogP contribution in [0, 0.1) is 13.8 Å². The largest absolute Gasteiger partial charge is 0.279 e. The van der Waals surface area contributed by atoms with Crippen molar-refractivity contribution in [2.75, 3.05) is 4.72 Å². The molecule has 3 rings (SSSR count). The van der Waals surface area contributed by atoms with Crippen LogP contribution >= 0.6 is 27.5 Å². The Bertz CT molecular complexity index is 1030. The van der Waals surface area contributed by atoms with Crippen molar-refractivity contribution in [3.05, 3.63) is 69.4 Å². The molecule has 8 heteroatoms. The van der Waals surface area contributed by atoms with Crippen LogP contribution in [-0.4, -0.2) is 18.2 Å². The molecule has 0 aliphatic carbocycles. The smallest absolute Gasteiger partial charge is 0.265 e. The number of aryl methyl sites for hydroxylation is 1. The molecule has 3 aromatic rings. The number of nitrogens with zero attached hydrogens (tertiary/aromatic N) is 2. The molecular formula is C17H15BrClN3O2S. The Labute approximate surface area is 159 Å². The quantitative estimate of drug-likeness (QED) is 0.639. The molecule has 1 aromatic heterocycles. The van der Waals surface area contributed by atoms with Crippen LogP contribution < -0.4 is 4.72 Å². The van der Waals surface area contributed by atoms with E-state index in [4.69, 9.17) is 11.6 Å². The zero-order valence-electron chi connectivity index (χ0n) is 13.5. The van der Waals surface area contributed by atoms with E-state index in [-0.39, 0.29) is 4.90 Å². The summed E-state index contributed by atoms with van der Waals surface area (Å²) in [6.07, 6.45) is 0. The van der Waals surface area contributed by atoms with Gasteiger partial charge in [0.2, 0.25) is 0 Å². The van der Waals surface area contributed by atoms with Gasteiger partial charge in [0, 0.05) is 15.2 Å². The molecule has 0 spiro atoms. The summed E-state index contributed by atoms with van der Waals surface area (Å²) in [7, 11) is -3.77. The summed E-state index contributed by atoms with van der Waals surface area (Å²) >= 11 is 9.24. The minimum atomic E-state index is -3.77. The highest BCUT2D eigenvalue weighted by molar-refractivity contribution is 9.10. The van der Waals surface area contributed by atoms with Crippen molar-refractivity contribution in [3.8, 4) is 5.69 Å². The third-order valence-electron chi connectivity index (χ3n) is 3.64. The third kappa shape index (κ3) is 3.73. The van der Waals surface area contributed by atoms with E-state index in [2.05, 4.69) is 25.8 Å². The van der Waals surface area contributed by atoms with E-state index >= 15 is 0 Å². The van der Waals surface area contributed by atoms with E-state index in [0.29, 0.717) is 22.1 Å². The first kappa shape index (κ1) is 18.0. The molecule has 0 amide bonds. The molecule has 25 heavy (non-hydrogen) atoms. The first-order chi connectivity index (χ1) is 11.8. The number of nitrogens with one attached hydrogen (secondary N) is 1. The monoisotopic (exact) mass is 439 g/mol. The Balaban J connectivity index is 2.03. The lowest BCUT2D eigenvalue weighted by Crippen LogP contribution is -2.15. The molecule has 0 atom stereocenters. The molecular weight excluding hydrogens is 426 g/mol. The molecule has 0 bridgehead atoms. The maximum Gasteiger partial charge on any atom is 0.265 e. The number of aromatic nitrogens is 2. The number of hydrogen-bond donors (Lipinski definition) is 1. The van der Waals surface area contributed by atoms with Crippen molar-refractivity contribution in [2.24, 2.45) is 0 Å². The fourth-order valence-electron chi connectivity index (χ4n) is 2.61. The minimum Gasteiger partial charge on any atom is -0.279 e. The molecule has 1 heterocycles. The molecule has 0 aliphatic rings. The van der Waals surface area contributed by atoms with Crippen LogP contribution in [0.4, 0.5) is 5.69 Å². The molecule has 2 aromatic carbocycles. The molecule has 5 nitrogen and oxygen atoms in total. The van der Waals surface area contributed by atoms with Crippen LogP contribution in [0.3, 0.4) is 0 Å². The number of benzene rings is 2.